The first-order valence-electron chi connectivity index (χ1n) is 6.32. The van der Waals surface area contributed by atoms with Crippen LogP contribution in [0.1, 0.15) is 31.2 Å². The number of carbonyl (C=O) groups excluding carboxylic acids is 2. The summed E-state index contributed by atoms with van der Waals surface area (Å²) in [4.78, 5) is 23.2. The third kappa shape index (κ3) is 4.21. The molecule has 1 aromatic rings. The molecule has 1 saturated carbocycles. The van der Waals surface area contributed by atoms with Crippen molar-refractivity contribution in [1.29, 1.82) is 0 Å². The van der Waals surface area contributed by atoms with Crippen molar-refractivity contribution in [2.75, 3.05) is 0 Å². The molecule has 1 fully saturated rings. The molecule has 0 aromatic heterocycles. The van der Waals surface area contributed by atoms with Gasteiger partial charge in [-0.05, 0) is 43.0 Å². The second-order valence-corrected chi connectivity index (χ2v) is 4.96. The molecule has 3 nitrogen and oxygen atoms in total. The topological polar surface area (TPSA) is 43.4 Å². The van der Waals surface area contributed by atoms with Crippen LogP contribution in [0.25, 0.3) is 6.08 Å². The molecule has 1 aliphatic carbocycles. The standard InChI is InChI=1S/C15H15ClO3/c16-12-5-3-4-11(10-12)8-9-15(18)19-14-7-2-1-6-13(14)17/h3-5,8-10,14H,1-2,6-7H2/b9-8+/t14-/m0/s1. The number of benzene rings is 1. The van der Waals surface area contributed by atoms with Gasteiger partial charge in [0.1, 0.15) is 0 Å². The fourth-order valence-electron chi connectivity index (χ4n) is 2.03. The van der Waals surface area contributed by atoms with E-state index in [0.29, 0.717) is 17.9 Å². The summed E-state index contributed by atoms with van der Waals surface area (Å²) < 4.78 is 5.15. The lowest BCUT2D eigenvalue weighted by molar-refractivity contribution is -0.152. The van der Waals surface area contributed by atoms with Crippen LogP contribution in [-0.2, 0) is 14.3 Å². The molecule has 0 aliphatic heterocycles. The SMILES string of the molecule is O=C(/C=C/c1cccc(Cl)c1)O[C@H]1CCCCC1=O. The van der Waals surface area contributed by atoms with Crippen LogP contribution < -0.4 is 0 Å². The van der Waals surface area contributed by atoms with Gasteiger partial charge in [-0.15, -0.1) is 0 Å². The molecule has 1 atom stereocenters. The van der Waals surface area contributed by atoms with E-state index in [1.54, 1.807) is 24.3 Å². The highest BCUT2D eigenvalue weighted by Gasteiger charge is 2.24. The first-order valence-corrected chi connectivity index (χ1v) is 6.70. The van der Waals surface area contributed by atoms with Gasteiger partial charge in [0.25, 0.3) is 0 Å². The Bertz CT molecular complexity index is 508. The van der Waals surface area contributed by atoms with E-state index in [9.17, 15) is 9.59 Å². The zero-order valence-corrected chi connectivity index (χ0v) is 11.2. The van der Waals surface area contributed by atoms with Gasteiger partial charge in [0, 0.05) is 17.5 Å². The van der Waals surface area contributed by atoms with Crippen LogP contribution in [0.2, 0.25) is 5.02 Å². The number of ether oxygens (including phenoxy) is 1. The number of halogens is 1. The van der Waals surface area contributed by atoms with Crippen molar-refractivity contribution < 1.29 is 14.3 Å². The zero-order valence-electron chi connectivity index (χ0n) is 10.5. The Balaban J connectivity index is 1.92. The van der Waals surface area contributed by atoms with Crippen molar-refractivity contribution in [3.05, 3.63) is 40.9 Å². The first kappa shape index (κ1) is 13.8. The Labute approximate surface area is 117 Å². The van der Waals surface area contributed by atoms with E-state index in [2.05, 4.69) is 0 Å². The maximum atomic E-state index is 11.6. The van der Waals surface area contributed by atoms with E-state index >= 15 is 0 Å². The van der Waals surface area contributed by atoms with Gasteiger partial charge < -0.3 is 4.74 Å². The Hall–Kier alpha value is -1.61. The van der Waals surface area contributed by atoms with Crippen molar-refractivity contribution in [3.63, 3.8) is 0 Å². The van der Waals surface area contributed by atoms with Gasteiger partial charge in [0.2, 0.25) is 0 Å². The molecule has 0 amide bonds. The zero-order chi connectivity index (χ0) is 13.7. The van der Waals surface area contributed by atoms with Crippen LogP contribution >= 0.6 is 11.6 Å². The lowest BCUT2D eigenvalue weighted by Gasteiger charge is -2.19. The van der Waals surface area contributed by atoms with Gasteiger partial charge in [-0.25, -0.2) is 4.79 Å². The summed E-state index contributed by atoms with van der Waals surface area (Å²) in [5.74, 6) is -0.462. The van der Waals surface area contributed by atoms with Crippen LogP contribution in [0.5, 0.6) is 0 Å². The molecule has 19 heavy (non-hydrogen) atoms. The number of Topliss-reactive ketones (excluding diaryl/α,β-unsaturated/α-hetero) is 1. The fourth-order valence-corrected chi connectivity index (χ4v) is 2.23. The molecule has 0 unspecified atom stereocenters. The fraction of sp³-hybridized carbons (Fsp3) is 0.333. The van der Waals surface area contributed by atoms with Crippen molar-refractivity contribution in [2.45, 2.75) is 31.8 Å². The molecule has 100 valence electrons. The molecule has 1 aliphatic rings. The molecule has 0 heterocycles. The number of hydrogen-bond donors (Lipinski definition) is 0. The van der Waals surface area contributed by atoms with Crippen molar-refractivity contribution in [1.82, 2.24) is 0 Å². The second kappa shape index (κ2) is 6.53. The largest absolute Gasteiger partial charge is 0.451 e. The highest BCUT2D eigenvalue weighted by molar-refractivity contribution is 6.30. The summed E-state index contributed by atoms with van der Waals surface area (Å²) in [5, 5.41) is 0.609. The Morgan fingerprint density at radius 2 is 2.21 bits per heavy atom. The van der Waals surface area contributed by atoms with Gasteiger partial charge >= 0.3 is 5.97 Å². The van der Waals surface area contributed by atoms with Gasteiger partial charge in [-0.2, -0.15) is 0 Å². The van der Waals surface area contributed by atoms with E-state index < -0.39 is 12.1 Å². The Morgan fingerprint density at radius 3 is 2.95 bits per heavy atom. The molecule has 0 bridgehead atoms. The summed E-state index contributed by atoms with van der Waals surface area (Å²) in [6.45, 7) is 0. The van der Waals surface area contributed by atoms with E-state index in [1.165, 1.54) is 6.08 Å². The minimum Gasteiger partial charge on any atom is -0.451 e. The predicted octanol–water partition coefficient (Wildman–Crippen LogP) is 3.41. The molecular formula is C15H15ClO3. The van der Waals surface area contributed by atoms with E-state index in [4.69, 9.17) is 16.3 Å². The highest BCUT2D eigenvalue weighted by atomic mass is 35.5. The summed E-state index contributed by atoms with van der Waals surface area (Å²) in [6.07, 6.45) is 5.36. The van der Waals surface area contributed by atoms with Gasteiger partial charge in [-0.1, -0.05) is 23.7 Å². The second-order valence-electron chi connectivity index (χ2n) is 4.53. The van der Waals surface area contributed by atoms with E-state index in [1.807, 2.05) is 6.07 Å². The average molecular weight is 279 g/mol. The predicted molar refractivity (Wildman–Crippen MR) is 73.8 cm³/mol. The first-order chi connectivity index (χ1) is 9.15. The molecule has 0 N–H and O–H groups in total. The molecule has 0 saturated heterocycles. The normalized spacial score (nSPS) is 19.6. The monoisotopic (exact) mass is 278 g/mol. The van der Waals surface area contributed by atoms with Gasteiger partial charge in [-0.3, -0.25) is 4.79 Å². The van der Waals surface area contributed by atoms with Crippen LogP contribution in [0.4, 0.5) is 0 Å². The minimum atomic E-state index is -0.565. The molecule has 0 radical (unpaired) electrons. The molecule has 1 aromatic carbocycles. The van der Waals surface area contributed by atoms with Crippen molar-refractivity contribution >= 4 is 29.4 Å². The number of hydrogen-bond acceptors (Lipinski definition) is 3. The quantitative estimate of drug-likeness (QED) is 0.629. The smallest absolute Gasteiger partial charge is 0.331 e. The van der Waals surface area contributed by atoms with E-state index in [0.717, 1.165) is 18.4 Å². The number of ketones is 1. The minimum absolute atomic E-state index is 0.0238. The summed E-state index contributed by atoms with van der Waals surface area (Å²) >= 11 is 5.84. The highest BCUT2D eigenvalue weighted by Crippen LogP contribution is 2.18. The van der Waals surface area contributed by atoms with Gasteiger partial charge in [0.05, 0.1) is 0 Å². The molecule has 2 rings (SSSR count). The lowest BCUT2D eigenvalue weighted by Crippen LogP contribution is -2.29. The van der Waals surface area contributed by atoms with Crippen LogP contribution in [0.15, 0.2) is 30.3 Å². The average Bonchev–Trinajstić information content (AvgIpc) is 2.39. The summed E-state index contributed by atoms with van der Waals surface area (Å²) in [6, 6.07) is 7.15. The van der Waals surface area contributed by atoms with Crippen LogP contribution in [0, 0.1) is 0 Å². The summed E-state index contributed by atoms with van der Waals surface area (Å²) in [7, 11) is 0. The summed E-state index contributed by atoms with van der Waals surface area (Å²) in [5.41, 5.74) is 0.819. The maximum absolute atomic E-state index is 11.6. The van der Waals surface area contributed by atoms with Crippen LogP contribution in [-0.4, -0.2) is 17.9 Å². The Morgan fingerprint density at radius 1 is 1.37 bits per heavy atom. The lowest BCUT2D eigenvalue weighted by atomic mass is 9.96. The van der Waals surface area contributed by atoms with Gasteiger partial charge in [0.15, 0.2) is 11.9 Å². The molecule has 0 spiro atoms. The van der Waals surface area contributed by atoms with Crippen LogP contribution in [0.3, 0.4) is 0 Å². The third-order valence-corrected chi connectivity index (χ3v) is 3.25. The Kier molecular flexibility index (Phi) is 4.74. The number of rotatable bonds is 3. The molecular weight excluding hydrogens is 264 g/mol. The molecule has 4 heteroatoms. The van der Waals surface area contributed by atoms with Crippen molar-refractivity contribution in [3.8, 4) is 0 Å². The van der Waals surface area contributed by atoms with E-state index in [-0.39, 0.29) is 5.78 Å². The van der Waals surface area contributed by atoms with Crippen molar-refractivity contribution in [2.24, 2.45) is 0 Å². The number of esters is 1. The third-order valence-electron chi connectivity index (χ3n) is 3.02. The number of carbonyl (C=O) groups is 2. The maximum Gasteiger partial charge on any atom is 0.331 e.